The van der Waals surface area contributed by atoms with Crippen LogP contribution in [0.3, 0.4) is 0 Å². The van der Waals surface area contributed by atoms with E-state index in [0.717, 1.165) is 24.4 Å². The van der Waals surface area contributed by atoms with Crippen molar-refractivity contribution in [3.8, 4) is 11.5 Å². The molecule has 0 spiro atoms. The predicted molar refractivity (Wildman–Crippen MR) is 100 cm³/mol. The van der Waals surface area contributed by atoms with E-state index in [9.17, 15) is 4.79 Å². The zero-order valence-electron chi connectivity index (χ0n) is 15.1. The van der Waals surface area contributed by atoms with E-state index in [2.05, 4.69) is 20.5 Å². The summed E-state index contributed by atoms with van der Waals surface area (Å²) in [5, 5.41) is 6.13. The minimum Gasteiger partial charge on any atom is -0.486 e. The first-order valence-electron chi connectivity index (χ1n) is 8.67. The van der Waals surface area contributed by atoms with Gasteiger partial charge in [-0.2, -0.15) is 0 Å². The van der Waals surface area contributed by atoms with Gasteiger partial charge in [-0.25, -0.2) is 4.98 Å². The predicted octanol–water partition coefficient (Wildman–Crippen LogP) is 2.28. The van der Waals surface area contributed by atoms with Crippen molar-refractivity contribution < 1.29 is 14.3 Å². The van der Waals surface area contributed by atoms with E-state index in [4.69, 9.17) is 9.47 Å². The van der Waals surface area contributed by atoms with E-state index in [1.807, 2.05) is 32.3 Å². The largest absolute Gasteiger partial charge is 0.486 e. The van der Waals surface area contributed by atoms with E-state index < -0.39 is 0 Å². The zero-order valence-corrected chi connectivity index (χ0v) is 15.1. The lowest BCUT2D eigenvalue weighted by molar-refractivity contribution is 0.0952. The Bertz CT molecular complexity index is 764. The maximum Gasteiger partial charge on any atom is 0.251 e. The van der Waals surface area contributed by atoms with Gasteiger partial charge in [0.05, 0.1) is 0 Å². The van der Waals surface area contributed by atoms with Crippen LogP contribution in [0.1, 0.15) is 16.8 Å². The molecule has 26 heavy (non-hydrogen) atoms. The van der Waals surface area contributed by atoms with E-state index in [1.54, 1.807) is 18.3 Å². The summed E-state index contributed by atoms with van der Waals surface area (Å²) >= 11 is 0. The normalized spacial score (nSPS) is 12.7. The molecule has 1 aromatic heterocycles. The van der Waals surface area contributed by atoms with Gasteiger partial charge in [0.2, 0.25) is 0 Å². The topological polar surface area (TPSA) is 75.7 Å². The van der Waals surface area contributed by atoms with Crippen molar-refractivity contribution in [1.29, 1.82) is 0 Å². The van der Waals surface area contributed by atoms with Crippen LogP contribution in [0.2, 0.25) is 0 Å². The minimum atomic E-state index is -0.101. The molecule has 0 atom stereocenters. The number of nitrogens with zero attached hydrogens (tertiary/aromatic N) is 2. The number of rotatable bonds is 7. The number of ether oxygens (including phenoxy) is 2. The van der Waals surface area contributed by atoms with Crippen molar-refractivity contribution in [2.24, 2.45) is 0 Å². The van der Waals surface area contributed by atoms with Crippen molar-refractivity contribution in [3.63, 3.8) is 0 Å². The van der Waals surface area contributed by atoms with Crippen molar-refractivity contribution in [2.45, 2.75) is 6.42 Å². The molecule has 2 aromatic rings. The number of pyridine rings is 1. The van der Waals surface area contributed by atoms with Gasteiger partial charge in [-0.3, -0.25) is 4.79 Å². The molecule has 138 valence electrons. The molecule has 0 aliphatic carbocycles. The summed E-state index contributed by atoms with van der Waals surface area (Å²) in [6.07, 6.45) is 2.53. The number of carbonyl (C=O) groups is 1. The highest BCUT2D eigenvalue weighted by Crippen LogP contribution is 2.33. The highest BCUT2D eigenvalue weighted by molar-refractivity contribution is 5.94. The van der Waals surface area contributed by atoms with Gasteiger partial charge >= 0.3 is 0 Å². The molecule has 0 radical (unpaired) electrons. The number of benzene rings is 1. The summed E-state index contributed by atoms with van der Waals surface area (Å²) in [4.78, 5) is 18.6. The third-order valence-corrected chi connectivity index (χ3v) is 3.90. The lowest BCUT2D eigenvalue weighted by Crippen LogP contribution is -2.27. The second-order valence-electron chi connectivity index (χ2n) is 6.33. The molecule has 2 heterocycles. The van der Waals surface area contributed by atoms with Gasteiger partial charge in [-0.1, -0.05) is 0 Å². The summed E-state index contributed by atoms with van der Waals surface area (Å²) in [6, 6.07) is 9.06. The molecule has 2 N–H and O–H groups in total. The van der Waals surface area contributed by atoms with Crippen LogP contribution < -0.4 is 20.1 Å². The maximum atomic E-state index is 12.3. The Morgan fingerprint density at radius 3 is 2.77 bits per heavy atom. The van der Waals surface area contributed by atoms with E-state index in [1.165, 1.54) is 0 Å². The van der Waals surface area contributed by atoms with Crippen LogP contribution in [0.15, 0.2) is 36.5 Å². The zero-order chi connectivity index (χ0) is 18.4. The average molecular weight is 356 g/mol. The fraction of sp³-hybridized carbons (Fsp3) is 0.368. The highest BCUT2D eigenvalue weighted by atomic mass is 16.6. The van der Waals surface area contributed by atoms with Gasteiger partial charge < -0.3 is 25.0 Å². The molecule has 0 bridgehead atoms. The van der Waals surface area contributed by atoms with Gasteiger partial charge in [0.25, 0.3) is 5.91 Å². The minimum absolute atomic E-state index is 0.101. The van der Waals surface area contributed by atoms with Crippen molar-refractivity contribution >= 4 is 17.4 Å². The Balaban J connectivity index is 1.61. The number of nitrogens with one attached hydrogen (secondary N) is 2. The van der Waals surface area contributed by atoms with Crippen LogP contribution in [0.4, 0.5) is 11.5 Å². The number of hydrogen-bond donors (Lipinski definition) is 2. The van der Waals surface area contributed by atoms with Crippen molar-refractivity contribution in [3.05, 3.63) is 42.1 Å². The highest BCUT2D eigenvalue weighted by Gasteiger charge is 2.12. The van der Waals surface area contributed by atoms with E-state index >= 15 is 0 Å². The van der Waals surface area contributed by atoms with Crippen molar-refractivity contribution in [2.75, 3.05) is 45.7 Å². The molecule has 7 nitrogen and oxygen atoms in total. The Morgan fingerprint density at radius 2 is 1.96 bits per heavy atom. The third-order valence-electron chi connectivity index (χ3n) is 3.90. The molecule has 0 fully saturated rings. The first kappa shape index (κ1) is 18.0. The molecule has 0 saturated carbocycles. The average Bonchev–Trinajstić information content (AvgIpc) is 2.65. The molecule has 0 unspecified atom stereocenters. The SMILES string of the molecule is CN(C)CCCNC(=O)c1ccnc(Nc2ccc3c(c2)OCCO3)c1. The van der Waals surface area contributed by atoms with E-state index in [0.29, 0.717) is 36.9 Å². The Hall–Kier alpha value is -2.80. The monoisotopic (exact) mass is 356 g/mol. The number of anilines is 2. The summed E-state index contributed by atoms with van der Waals surface area (Å²) in [6.45, 7) is 2.68. The van der Waals surface area contributed by atoms with Crippen LogP contribution in [0, 0.1) is 0 Å². The molecule has 1 aliphatic heterocycles. The van der Waals surface area contributed by atoms with Gasteiger partial charge in [-0.15, -0.1) is 0 Å². The number of carbonyl (C=O) groups excluding carboxylic acids is 1. The fourth-order valence-corrected chi connectivity index (χ4v) is 2.61. The van der Waals surface area contributed by atoms with Gasteiger partial charge in [0.15, 0.2) is 11.5 Å². The van der Waals surface area contributed by atoms with Gasteiger partial charge in [0, 0.05) is 30.1 Å². The summed E-state index contributed by atoms with van der Waals surface area (Å²) < 4.78 is 11.1. The fourth-order valence-electron chi connectivity index (χ4n) is 2.61. The third kappa shape index (κ3) is 4.86. The first-order chi connectivity index (χ1) is 12.6. The van der Waals surface area contributed by atoms with E-state index in [-0.39, 0.29) is 5.91 Å². The lowest BCUT2D eigenvalue weighted by Gasteiger charge is -2.19. The molecule has 0 saturated heterocycles. The number of fused-ring (bicyclic) bond motifs is 1. The molecule has 7 heteroatoms. The smallest absolute Gasteiger partial charge is 0.251 e. The van der Waals surface area contributed by atoms with Crippen LogP contribution in [0.5, 0.6) is 11.5 Å². The summed E-state index contributed by atoms with van der Waals surface area (Å²) in [5.74, 6) is 1.94. The number of aromatic nitrogens is 1. The molecule has 1 amide bonds. The summed E-state index contributed by atoms with van der Waals surface area (Å²) in [7, 11) is 4.03. The Labute approximate surface area is 153 Å². The second-order valence-corrected chi connectivity index (χ2v) is 6.33. The van der Waals surface area contributed by atoms with Crippen LogP contribution in [0.25, 0.3) is 0 Å². The summed E-state index contributed by atoms with van der Waals surface area (Å²) in [5.41, 5.74) is 1.40. The maximum absolute atomic E-state index is 12.3. The second kappa shape index (κ2) is 8.53. The Kier molecular flexibility index (Phi) is 5.91. The van der Waals surface area contributed by atoms with Gasteiger partial charge in [0.1, 0.15) is 19.0 Å². The quantitative estimate of drug-likeness (QED) is 0.742. The van der Waals surface area contributed by atoms with Gasteiger partial charge in [-0.05, 0) is 51.3 Å². The molecular formula is C19H24N4O3. The lowest BCUT2D eigenvalue weighted by atomic mass is 10.2. The number of hydrogen-bond acceptors (Lipinski definition) is 6. The van der Waals surface area contributed by atoms with Crippen LogP contribution >= 0.6 is 0 Å². The molecule has 1 aromatic carbocycles. The molecule has 3 rings (SSSR count). The van der Waals surface area contributed by atoms with Crippen molar-refractivity contribution in [1.82, 2.24) is 15.2 Å². The first-order valence-corrected chi connectivity index (χ1v) is 8.67. The molecule has 1 aliphatic rings. The standard InChI is InChI=1S/C19H24N4O3/c1-23(2)9-3-7-21-19(24)14-6-8-20-18(12-14)22-15-4-5-16-17(13-15)26-11-10-25-16/h4-6,8,12-13H,3,7,9-11H2,1-2H3,(H,20,22)(H,21,24). The van der Waals surface area contributed by atoms with Crippen LogP contribution in [-0.2, 0) is 0 Å². The van der Waals surface area contributed by atoms with Crippen LogP contribution in [-0.4, -0.2) is 56.2 Å². The molecular weight excluding hydrogens is 332 g/mol. The number of amides is 1. The Morgan fingerprint density at radius 1 is 1.15 bits per heavy atom.